The summed E-state index contributed by atoms with van der Waals surface area (Å²) in [6, 6.07) is 0. The Morgan fingerprint density at radius 3 is 2.00 bits per heavy atom. The Hall–Kier alpha value is 0.690. The van der Waals surface area contributed by atoms with Crippen LogP contribution in [0.4, 0.5) is 8.78 Å². The Labute approximate surface area is 65.5 Å². The van der Waals surface area contributed by atoms with Crippen LogP contribution in [0.2, 0.25) is 0 Å². The van der Waals surface area contributed by atoms with Crippen molar-refractivity contribution in [3.63, 3.8) is 0 Å². The van der Waals surface area contributed by atoms with Crippen molar-refractivity contribution in [3.8, 4) is 0 Å². The van der Waals surface area contributed by atoms with Gasteiger partial charge in [0, 0.05) is 11.5 Å². The van der Waals surface area contributed by atoms with Crippen LogP contribution < -0.4 is 0 Å². The average Bonchev–Trinajstić information content (AvgIpc) is 1.57. The highest BCUT2D eigenvalue weighted by molar-refractivity contribution is 9.10. The summed E-state index contributed by atoms with van der Waals surface area (Å²) in [6.45, 7) is 1.60. The molecule has 0 bridgehead atoms. The molecule has 0 saturated carbocycles. The van der Waals surface area contributed by atoms with E-state index < -0.39 is 10.2 Å². The first-order valence-corrected chi connectivity index (χ1v) is 4.55. The molecule has 1 heterocycles. The normalized spacial score (nSPS) is 25.3. The number of hydrogen-bond acceptors (Lipinski definition) is 1. The number of thioether (sulfide) groups is 1. The van der Waals surface area contributed by atoms with Gasteiger partial charge in [-0.3, -0.25) is 0 Å². The molecule has 0 nitrogen and oxygen atoms in total. The van der Waals surface area contributed by atoms with Gasteiger partial charge in [-0.25, -0.2) is 0 Å². The van der Waals surface area contributed by atoms with Crippen molar-refractivity contribution < 1.29 is 8.78 Å². The third-order valence-corrected chi connectivity index (χ3v) is 4.17. The highest BCUT2D eigenvalue weighted by Gasteiger charge is 2.52. The van der Waals surface area contributed by atoms with Crippen molar-refractivity contribution in [2.45, 2.75) is 11.8 Å². The van der Waals surface area contributed by atoms with Gasteiger partial charge in [-0.2, -0.15) is 20.5 Å². The summed E-state index contributed by atoms with van der Waals surface area (Å²) in [5.41, 5.74) is -0.794. The maximum atomic E-state index is 12.5. The standard InChI is InChI=1S/C5H7BrF2S/c1-4(2-9-3-4)5(6,7)8/h2-3H2,1H3. The van der Waals surface area contributed by atoms with E-state index in [9.17, 15) is 8.78 Å². The number of halogens is 3. The fraction of sp³-hybridized carbons (Fsp3) is 1.00. The van der Waals surface area contributed by atoms with Crippen molar-refractivity contribution in [1.82, 2.24) is 0 Å². The Morgan fingerprint density at radius 1 is 1.56 bits per heavy atom. The predicted octanol–water partition coefficient (Wildman–Crippen LogP) is 2.73. The highest BCUT2D eigenvalue weighted by atomic mass is 79.9. The second kappa shape index (κ2) is 2.09. The Kier molecular flexibility index (Phi) is 1.81. The summed E-state index contributed by atoms with van der Waals surface area (Å²) in [7, 11) is 0. The molecular weight excluding hydrogens is 210 g/mol. The molecule has 0 atom stereocenters. The van der Waals surface area contributed by atoms with Crippen molar-refractivity contribution >= 4 is 27.7 Å². The van der Waals surface area contributed by atoms with Gasteiger partial charge in [-0.1, -0.05) is 6.92 Å². The number of hydrogen-bond donors (Lipinski definition) is 0. The second-order valence-corrected chi connectivity index (χ2v) is 4.53. The molecule has 0 unspecified atom stereocenters. The molecule has 54 valence electrons. The molecule has 1 saturated heterocycles. The topological polar surface area (TPSA) is 0 Å². The second-order valence-electron chi connectivity index (χ2n) is 2.55. The molecule has 9 heavy (non-hydrogen) atoms. The minimum atomic E-state index is -2.68. The van der Waals surface area contributed by atoms with E-state index in [-0.39, 0.29) is 0 Å². The SMILES string of the molecule is CC1(C(F)(F)Br)CSC1. The first-order valence-electron chi connectivity index (χ1n) is 2.60. The zero-order valence-corrected chi connectivity index (χ0v) is 7.36. The van der Waals surface area contributed by atoms with Crippen molar-refractivity contribution in [2.24, 2.45) is 5.41 Å². The van der Waals surface area contributed by atoms with E-state index >= 15 is 0 Å². The number of rotatable bonds is 1. The Balaban J connectivity index is 2.59. The summed E-state index contributed by atoms with van der Waals surface area (Å²) in [6.07, 6.45) is 0. The summed E-state index contributed by atoms with van der Waals surface area (Å²) in [5.74, 6) is 1.12. The van der Waals surface area contributed by atoms with E-state index in [1.165, 1.54) is 0 Å². The van der Waals surface area contributed by atoms with Gasteiger partial charge in [-0.05, 0) is 15.9 Å². The van der Waals surface area contributed by atoms with E-state index in [1.54, 1.807) is 18.7 Å². The van der Waals surface area contributed by atoms with Gasteiger partial charge < -0.3 is 0 Å². The molecule has 0 N–H and O–H groups in total. The summed E-state index contributed by atoms with van der Waals surface area (Å²) < 4.78 is 24.9. The van der Waals surface area contributed by atoms with Gasteiger partial charge in [0.1, 0.15) is 0 Å². The third-order valence-electron chi connectivity index (χ3n) is 1.53. The molecule has 0 aromatic heterocycles. The zero-order chi connectivity index (χ0) is 7.12. The minimum absolute atomic E-state index is 0.561. The Bertz CT molecular complexity index is 117. The van der Waals surface area contributed by atoms with E-state index in [1.807, 2.05) is 0 Å². The van der Waals surface area contributed by atoms with Crippen molar-refractivity contribution in [1.29, 1.82) is 0 Å². The fourth-order valence-electron chi connectivity index (χ4n) is 0.572. The number of alkyl halides is 3. The summed E-state index contributed by atoms with van der Waals surface area (Å²) in [4.78, 5) is -2.68. The van der Waals surface area contributed by atoms with Crippen LogP contribution in [-0.4, -0.2) is 16.3 Å². The lowest BCUT2D eigenvalue weighted by Gasteiger charge is -2.40. The van der Waals surface area contributed by atoms with Gasteiger partial charge in [0.15, 0.2) is 0 Å². The van der Waals surface area contributed by atoms with Crippen LogP contribution in [0, 0.1) is 5.41 Å². The smallest absolute Gasteiger partial charge is 0.193 e. The maximum absolute atomic E-state index is 12.5. The lowest BCUT2D eigenvalue weighted by atomic mass is 9.96. The highest BCUT2D eigenvalue weighted by Crippen LogP contribution is 2.51. The van der Waals surface area contributed by atoms with Crippen LogP contribution in [0.15, 0.2) is 0 Å². The maximum Gasteiger partial charge on any atom is 0.308 e. The van der Waals surface area contributed by atoms with Gasteiger partial charge in [0.05, 0.1) is 5.41 Å². The van der Waals surface area contributed by atoms with Crippen LogP contribution in [-0.2, 0) is 0 Å². The molecule has 1 aliphatic rings. The molecule has 1 aliphatic heterocycles. The van der Waals surface area contributed by atoms with Crippen LogP contribution in [0.25, 0.3) is 0 Å². The molecule has 0 amide bonds. The monoisotopic (exact) mass is 216 g/mol. The lowest BCUT2D eigenvalue weighted by Crippen LogP contribution is -2.44. The van der Waals surface area contributed by atoms with Crippen LogP contribution >= 0.6 is 27.7 Å². The molecular formula is C5H7BrF2S. The molecule has 0 aliphatic carbocycles. The average molecular weight is 217 g/mol. The van der Waals surface area contributed by atoms with Gasteiger partial charge in [0.25, 0.3) is 0 Å². The first-order chi connectivity index (χ1) is 3.96. The van der Waals surface area contributed by atoms with Crippen molar-refractivity contribution in [3.05, 3.63) is 0 Å². The zero-order valence-electron chi connectivity index (χ0n) is 4.96. The molecule has 1 fully saturated rings. The lowest BCUT2D eigenvalue weighted by molar-refractivity contribution is 0.00144. The van der Waals surface area contributed by atoms with Gasteiger partial charge in [0.2, 0.25) is 0 Å². The van der Waals surface area contributed by atoms with Crippen LogP contribution in [0.1, 0.15) is 6.92 Å². The molecule has 0 aromatic carbocycles. The Morgan fingerprint density at radius 2 is 2.00 bits per heavy atom. The molecule has 0 aromatic rings. The largest absolute Gasteiger partial charge is 0.308 e. The third kappa shape index (κ3) is 1.24. The molecule has 1 rings (SSSR count). The van der Waals surface area contributed by atoms with E-state index in [0.29, 0.717) is 11.5 Å². The molecule has 4 heteroatoms. The van der Waals surface area contributed by atoms with Crippen molar-refractivity contribution in [2.75, 3.05) is 11.5 Å². The van der Waals surface area contributed by atoms with E-state index in [4.69, 9.17) is 0 Å². The molecule has 0 spiro atoms. The summed E-state index contributed by atoms with van der Waals surface area (Å²) >= 11 is 3.93. The van der Waals surface area contributed by atoms with Gasteiger partial charge >= 0.3 is 4.83 Å². The quantitative estimate of drug-likeness (QED) is 0.608. The van der Waals surface area contributed by atoms with Crippen LogP contribution in [0.5, 0.6) is 0 Å². The summed E-state index contributed by atoms with van der Waals surface area (Å²) in [5, 5.41) is 0. The van der Waals surface area contributed by atoms with Gasteiger partial charge in [-0.15, -0.1) is 0 Å². The fourth-order valence-corrected chi connectivity index (χ4v) is 2.40. The van der Waals surface area contributed by atoms with Crippen LogP contribution in [0.3, 0.4) is 0 Å². The molecule has 0 radical (unpaired) electrons. The first kappa shape index (κ1) is 7.79. The predicted molar refractivity (Wildman–Crippen MR) is 39.3 cm³/mol. The van der Waals surface area contributed by atoms with E-state index in [0.717, 1.165) is 0 Å². The van der Waals surface area contributed by atoms with E-state index in [2.05, 4.69) is 15.9 Å². The minimum Gasteiger partial charge on any atom is -0.193 e.